The Morgan fingerprint density at radius 2 is 1.90 bits per heavy atom. The summed E-state index contributed by atoms with van der Waals surface area (Å²) in [6.45, 7) is 2.55. The Hall–Kier alpha value is -0.650. The summed E-state index contributed by atoms with van der Waals surface area (Å²) in [5, 5.41) is 6.48. The van der Waals surface area contributed by atoms with Crippen molar-refractivity contribution in [2.45, 2.75) is 56.7 Å². The molecule has 20 heavy (non-hydrogen) atoms. The van der Waals surface area contributed by atoms with Crippen LogP contribution in [-0.2, 0) is 9.53 Å². The minimum absolute atomic E-state index is 0.114. The van der Waals surface area contributed by atoms with Crippen molar-refractivity contribution in [1.82, 2.24) is 15.5 Å². The van der Waals surface area contributed by atoms with Gasteiger partial charge >= 0.3 is 0 Å². The summed E-state index contributed by atoms with van der Waals surface area (Å²) in [5.74, 6) is 0.114. The average Bonchev–Trinajstić information content (AvgIpc) is 2.49. The lowest BCUT2D eigenvalue weighted by Crippen LogP contribution is -2.52. The number of carbonyl (C=O) groups excluding carboxylic acids is 1. The van der Waals surface area contributed by atoms with Crippen molar-refractivity contribution in [3.63, 3.8) is 0 Å². The van der Waals surface area contributed by atoms with Gasteiger partial charge in [-0.25, -0.2) is 0 Å². The maximum atomic E-state index is 11.4. The molecule has 2 aliphatic rings. The van der Waals surface area contributed by atoms with Crippen LogP contribution in [0, 0.1) is 0 Å². The molecular formula is C15H29N3O2. The van der Waals surface area contributed by atoms with Crippen molar-refractivity contribution in [2.75, 3.05) is 33.8 Å². The quantitative estimate of drug-likeness (QED) is 0.781. The van der Waals surface area contributed by atoms with Gasteiger partial charge in [-0.1, -0.05) is 12.8 Å². The van der Waals surface area contributed by atoms with Crippen LogP contribution in [0.15, 0.2) is 0 Å². The van der Waals surface area contributed by atoms with Gasteiger partial charge in [0.05, 0.1) is 12.6 Å². The van der Waals surface area contributed by atoms with E-state index in [0.717, 1.165) is 25.9 Å². The summed E-state index contributed by atoms with van der Waals surface area (Å²) in [4.78, 5) is 13.6. The lowest BCUT2D eigenvalue weighted by Gasteiger charge is -2.38. The summed E-state index contributed by atoms with van der Waals surface area (Å²) in [6, 6.07) is 1.10. The van der Waals surface area contributed by atoms with E-state index in [-0.39, 0.29) is 5.91 Å². The Morgan fingerprint density at radius 1 is 1.20 bits per heavy atom. The van der Waals surface area contributed by atoms with E-state index in [1.807, 2.05) is 7.11 Å². The Bertz CT molecular complexity index is 303. The number of nitrogens with one attached hydrogen (secondary N) is 2. The molecule has 1 aliphatic carbocycles. The summed E-state index contributed by atoms with van der Waals surface area (Å²) in [6.07, 6.45) is 7.66. The fourth-order valence-electron chi connectivity index (χ4n) is 3.41. The molecule has 1 saturated heterocycles. The van der Waals surface area contributed by atoms with Gasteiger partial charge in [-0.15, -0.1) is 0 Å². The number of likely N-dealkylation sites (tertiary alicyclic amines) is 1. The summed E-state index contributed by atoms with van der Waals surface area (Å²) in [5.41, 5.74) is 0. The van der Waals surface area contributed by atoms with Crippen LogP contribution in [0.5, 0.6) is 0 Å². The first kappa shape index (κ1) is 15.7. The fourth-order valence-corrected chi connectivity index (χ4v) is 3.41. The third-order valence-electron chi connectivity index (χ3n) is 4.69. The molecule has 0 aromatic heterocycles. The van der Waals surface area contributed by atoms with E-state index in [1.165, 1.54) is 25.7 Å². The van der Waals surface area contributed by atoms with Crippen LogP contribution in [0.25, 0.3) is 0 Å². The van der Waals surface area contributed by atoms with E-state index in [1.54, 1.807) is 7.05 Å². The third kappa shape index (κ3) is 4.43. The molecule has 2 unspecified atom stereocenters. The van der Waals surface area contributed by atoms with Crippen LogP contribution in [0.1, 0.15) is 38.5 Å². The van der Waals surface area contributed by atoms with Crippen molar-refractivity contribution >= 4 is 5.91 Å². The van der Waals surface area contributed by atoms with Gasteiger partial charge in [0.15, 0.2) is 0 Å². The van der Waals surface area contributed by atoms with Gasteiger partial charge in [-0.3, -0.25) is 9.69 Å². The Kier molecular flexibility index (Phi) is 6.26. The zero-order chi connectivity index (χ0) is 14.4. The van der Waals surface area contributed by atoms with Crippen molar-refractivity contribution in [2.24, 2.45) is 0 Å². The van der Waals surface area contributed by atoms with Crippen molar-refractivity contribution < 1.29 is 9.53 Å². The average molecular weight is 283 g/mol. The van der Waals surface area contributed by atoms with Crippen LogP contribution in [0.2, 0.25) is 0 Å². The molecule has 1 amide bonds. The minimum atomic E-state index is 0.114. The maximum absolute atomic E-state index is 11.4. The van der Waals surface area contributed by atoms with E-state index < -0.39 is 0 Å². The number of ether oxygens (including phenoxy) is 1. The second-order valence-electron chi connectivity index (χ2n) is 6.06. The van der Waals surface area contributed by atoms with Crippen LogP contribution in [-0.4, -0.2) is 62.8 Å². The molecule has 5 heteroatoms. The summed E-state index contributed by atoms with van der Waals surface area (Å²) >= 11 is 0. The molecule has 1 heterocycles. The molecule has 0 spiro atoms. The van der Waals surface area contributed by atoms with Gasteiger partial charge in [-0.2, -0.15) is 0 Å². The van der Waals surface area contributed by atoms with Crippen LogP contribution < -0.4 is 10.6 Å². The number of rotatable bonds is 5. The number of carbonyl (C=O) groups is 1. The number of amides is 1. The Balaban J connectivity index is 1.72. The molecule has 2 N–H and O–H groups in total. The number of hydrogen-bond acceptors (Lipinski definition) is 4. The zero-order valence-corrected chi connectivity index (χ0v) is 12.9. The summed E-state index contributed by atoms with van der Waals surface area (Å²) < 4.78 is 5.61. The largest absolute Gasteiger partial charge is 0.380 e. The first-order chi connectivity index (χ1) is 9.72. The normalized spacial score (nSPS) is 29.3. The molecule has 0 bridgehead atoms. The third-order valence-corrected chi connectivity index (χ3v) is 4.69. The van der Waals surface area contributed by atoms with Gasteiger partial charge in [0.25, 0.3) is 0 Å². The molecule has 2 fully saturated rings. The highest BCUT2D eigenvalue weighted by Gasteiger charge is 2.28. The number of piperidine rings is 1. The molecule has 2 atom stereocenters. The Labute approximate surface area is 122 Å². The predicted molar refractivity (Wildman–Crippen MR) is 79.7 cm³/mol. The van der Waals surface area contributed by atoms with Gasteiger partial charge in [0, 0.05) is 39.3 Å². The zero-order valence-electron chi connectivity index (χ0n) is 12.9. The molecule has 116 valence electrons. The lowest BCUT2D eigenvalue weighted by atomic mass is 9.91. The Morgan fingerprint density at radius 3 is 2.55 bits per heavy atom. The number of hydrogen-bond donors (Lipinski definition) is 2. The molecule has 0 aromatic carbocycles. The second kappa shape index (κ2) is 7.96. The second-order valence-corrected chi connectivity index (χ2v) is 6.06. The van der Waals surface area contributed by atoms with E-state index >= 15 is 0 Å². The van der Waals surface area contributed by atoms with Gasteiger partial charge in [0.2, 0.25) is 5.91 Å². The van der Waals surface area contributed by atoms with E-state index in [0.29, 0.717) is 24.7 Å². The molecular weight excluding hydrogens is 254 g/mol. The molecule has 1 saturated carbocycles. The predicted octanol–water partition coefficient (Wildman–Crippen LogP) is 0.744. The summed E-state index contributed by atoms with van der Waals surface area (Å²) in [7, 11) is 3.53. The van der Waals surface area contributed by atoms with Gasteiger partial charge in [0.1, 0.15) is 0 Å². The highest BCUT2D eigenvalue weighted by molar-refractivity contribution is 5.77. The van der Waals surface area contributed by atoms with E-state index in [4.69, 9.17) is 4.74 Å². The number of methoxy groups -OCH3 is 1. The van der Waals surface area contributed by atoms with Gasteiger partial charge < -0.3 is 15.4 Å². The molecule has 5 nitrogen and oxygen atoms in total. The highest BCUT2D eigenvalue weighted by Crippen LogP contribution is 2.22. The SMILES string of the molecule is CNC(=O)CN1CCC(NC2CCCCC2OC)CC1. The van der Waals surface area contributed by atoms with Gasteiger partial charge in [-0.05, 0) is 25.7 Å². The molecule has 0 radical (unpaired) electrons. The van der Waals surface area contributed by atoms with E-state index in [2.05, 4.69) is 15.5 Å². The van der Waals surface area contributed by atoms with Crippen LogP contribution in [0.4, 0.5) is 0 Å². The van der Waals surface area contributed by atoms with E-state index in [9.17, 15) is 4.79 Å². The fraction of sp³-hybridized carbons (Fsp3) is 0.933. The van der Waals surface area contributed by atoms with Crippen molar-refractivity contribution in [3.05, 3.63) is 0 Å². The maximum Gasteiger partial charge on any atom is 0.233 e. The smallest absolute Gasteiger partial charge is 0.233 e. The number of likely N-dealkylation sites (N-methyl/N-ethyl adjacent to an activating group) is 1. The van der Waals surface area contributed by atoms with Crippen molar-refractivity contribution in [3.8, 4) is 0 Å². The lowest BCUT2D eigenvalue weighted by molar-refractivity contribution is -0.122. The molecule has 2 rings (SSSR count). The number of nitrogens with zero attached hydrogens (tertiary/aromatic N) is 1. The van der Waals surface area contributed by atoms with Crippen molar-refractivity contribution in [1.29, 1.82) is 0 Å². The standard InChI is InChI=1S/C15H29N3O2/c1-16-15(19)11-18-9-7-12(8-10-18)17-13-5-3-4-6-14(13)20-2/h12-14,17H,3-11H2,1-2H3,(H,16,19). The topological polar surface area (TPSA) is 53.6 Å². The monoisotopic (exact) mass is 283 g/mol. The molecule has 1 aliphatic heterocycles. The minimum Gasteiger partial charge on any atom is -0.380 e. The first-order valence-corrected chi connectivity index (χ1v) is 7.94. The first-order valence-electron chi connectivity index (χ1n) is 7.94. The van der Waals surface area contributed by atoms with Crippen LogP contribution >= 0.6 is 0 Å². The highest BCUT2D eigenvalue weighted by atomic mass is 16.5. The molecule has 0 aromatic rings. The van der Waals surface area contributed by atoms with Crippen LogP contribution in [0.3, 0.4) is 0 Å².